The molecular weight excluding hydrogens is 527 g/mol. The first kappa shape index (κ1) is 25.6. The average Bonchev–Trinajstić information content (AvgIpc) is 3.07. The normalized spacial score (nSPS) is 14.0. The molecule has 2 heterocycles. The molecule has 0 spiro atoms. The molecule has 0 radical (unpaired) electrons. The van der Waals surface area contributed by atoms with Gasteiger partial charge in [-0.05, 0) is 0 Å². The van der Waals surface area contributed by atoms with E-state index in [9.17, 15) is 4.79 Å². The number of hydrogen-bond acceptors (Lipinski definition) is 7. The molecule has 1 aliphatic rings. The van der Waals surface area contributed by atoms with E-state index in [0.29, 0.717) is 28.7 Å². The van der Waals surface area contributed by atoms with Crippen LogP contribution in [-0.2, 0) is 22.3 Å². The maximum absolute atomic E-state index is 12.3. The zero-order valence-corrected chi connectivity index (χ0v) is 22.9. The molecule has 1 N–H and O–H groups in total. The molecule has 7 nitrogen and oxygen atoms in total. The van der Waals surface area contributed by atoms with Crippen LogP contribution in [0.1, 0.15) is 28.4 Å². The van der Waals surface area contributed by atoms with Crippen molar-refractivity contribution in [2.45, 2.75) is 19.8 Å². The molecule has 2 aromatic carbocycles. The average molecular weight is 557 g/mol. The van der Waals surface area contributed by atoms with Gasteiger partial charge in [-0.2, -0.15) is 0 Å². The van der Waals surface area contributed by atoms with Crippen LogP contribution in [0.3, 0.4) is 0 Å². The van der Waals surface area contributed by atoms with E-state index in [4.69, 9.17) is 26.1 Å². The fourth-order valence-electron chi connectivity index (χ4n) is 4.04. The number of halogens is 1. The Kier molecular flexibility index (Phi) is 9.16. The van der Waals surface area contributed by atoms with E-state index in [-0.39, 0.29) is 5.97 Å². The fraction of sp³-hybridized carbons (Fsp3) is 0.346. The minimum absolute atomic E-state index is 0.308. The number of nitrogens with one attached hydrogen (secondary N) is 1. The number of benzene rings is 2. The first-order chi connectivity index (χ1) is 17.1. The number of carbonyl (C=O) groups excluding carboxylic acids is 1. The molecule has 9 heteroatoms. The molecule has 3 aromatic rings. The number of rotatable bonds is 9. The zero-order chi connectivity index (χ0) is 24.6. The third kappa shape index (κ3) is 6.83. The first-order valence-electron chi connectivity index (χ1n) is 11.7. The number of ether oxygens (including phenoxy) is 2. The summed E-state index contributed by atoms with van der Waals surface area (Å²) in [5.74, 6) is 0.0981. The SMILES string of the molecule is CCOC(=O)c1ccccc1Nc1nc([AsH]c2ccc3c(c2)CCN(CCOC)CC3)ncc1Cl. The number of methoxy groups -OCH3 is 1. The predicted octanol–water partition coefficient (Wildman–Crippen LogP) is 2.48. The van der Waals surface area contributed by atoms with E-state index < -0.39 is 15.8 Å². The van der Waals surface area contributed by atoms with Crippen LogP contribution in [-0.4, -0.2) is 76.5 Å². The molecule has 0 aliphatic carbocycles. The summed E-state index contributed by atoms with van der Waals surface area (Å²) in [6.07, 6.45) is 3.72. The summed E-state index contributed by atoms with van der Waals surface area (Å²) in [5, 5.41) is 3.61. The Morgan fingerprint density at radius 3 is 2.77 bits per heavy atom. The standard InChI is InChI=1S/C26H30AsClN4O3/c1-3-35-25(33)21-6-4-5-7-23(21)30-24-22(28)17-29-26(31-24)27-20-9-8-18-10-12-32(14-15-34-2)13-11-19(18)16-20/h4-9,16-17,27H,3,10-15H2,1-2H3,(H,29,30,31). The molecule has 0 fully saturated rings. The van der Waals surface area contributed by atoms with Crippen LogP contribution < -0.4 is 14.3 Å². The van der Waals surface area contributed by atoms with Crippen molar-refractivity contribution < 1.29 is 14.3 Å². The van der Waals surface area contributed by atoms with Gasteiger partial charge in [0, 0.05) is 0 Å². The summed E-state index contributed by atoms with van der Waals surface area (Å²) in [7, 11) is 1.75. The van der Waals surface area contributed by atoms with Crippen LogP contribution in [0, 0.1) is 0 Å². The Balaban J connectivity index is 1.49. The van der Waals surface area contributed by atoms with Gasteiger partial charge in [-0.1, -0.05) is 0 Å². The molecule has 1 aliphatic heterocycles. The number of nitrogens with zero attached hydrogens (tertiary/aromatic N) is 3. The summed E-state index contributed by atoms with van der Waals surface area (Å²) in [4.78, 5) is 24.0. The molecule has 0 bridgehead atoms. The maximum atomic E-state index is 12.3. The predicted molar refractivity (Wildman–Crippen MR) is 141 cm³/mol. The number of aromatic nitrogens is 2. The van der Waals surface area contributed by atoms with Gasteiger partial charge in [0.2, 0.25) is 0 Å². The van der Waals surface area contributed by atoms with Gasteiger partial charge in [-0.25, -0.2) is 0 Å². The summed E-state index contributed by atoms with van der Waals surface area (Å²) in [6, 6.07) is 14.0. The molecule has 1 atom stereocenters. The molecule has 0 saturated carbocycles. The van der Waals surface area contributed by atoms with Gasteiger partial charge in [0.15, 0.2) is 0 Å². The third-order valence-corrected chi connectivity index (χ3v) is 8.40. The minimum atomic E-state index is -0.758. The number of para-hydroxylation sites is 1. The van der Waals surface area contributed by atoms with Crippen molar-refractivity contribution in [2.24, 2.45) is 0 Å². The van der Waals surface area contributed by atoms with E-state index in [0.717, 1.165) is 43.7 Å². The number of hydrogen-bond donors (Lipinski definition) is 1. The van der Waals surface area contributed by atoms with Crippen molar-refractivity contribution in [3.05, 3.63) is 70.4 Å². The van der Waals surface area contributed by atoms with Crippen LogP contribution in [0.2, 0.25) is 5.02 Å². The Bertz CT molecular complexity index is 1180. The monoisotopic (exact) mass is 556 g/mol. The van der Waals surface area contributed by atoms with E-state index in [1.807, 2.05) is 12.1 Å². The van der Waals surface area contributed by atoms with E-state index >= 15 is 0 Å². The van der Waals surface area contributed by atoms with E-state index in [2.05, 4.69) is 33.4 Å². The fourth-order valence-corrected chi connectivity index (χ4v) is 6.21. The van der Waals surface area contributed by atoms with Crippen LogP contribution in [0.15, 0.2) is 48.7 Å². The molecule has 1 aromatic heterocycles. The van der Waals surface area contributed by atoms with Crippen molar-refractivity contribution in [2.75, 3.05) is 45.3 Å². The van der Waals surface area contributed by atoms with Gasteiger partial charge in [0.1, 0.15) is 0 Å². The topological polar surface area (TPSA) is 76.6 Å². The molecule has 0 saturated heterocycles. The van der Waals surface area contributed by atoms with Gasteiger partial charge in [0.05, 0.1) is 0 Å². The molecule has 35 heavy (non-hydrogen) atoms. The summed E-state index contributed by atoms with van der Waals surface area (Å²) in [5.41, 5.74) is 3.88. The molecule has 4 rings (SSSR count). The Morgan fingerprint density at radius 1 is 1.17 bits per heavy atom. The number of esters is 1. The summed E-state index contributed by atoms with van der Waals surface area (Å²) >= 11 is 5.64. The van der Waals surface area contributed by atoms with Crippen LogP contribution in [0.25, 0.3) is 0 Å². The van der Waals surface area contributed by atoms with Crippen molar-refractivity contribution in [1.29, 1.82) is 0 Å². The second-order valence-electron chi connectivity index (χ2n) is 8.22. The number of anilines is 2. The molecule has 184 valence electrons. The van der Waals surface area contributed by atoms with Gasteiger partial charge < -0.3 is 0 Å². The van der Waals surface area contributed by atoms with E-state index in [1.54, 1.807) is 32.4 Å². The van der Waals surface area contributed by atoms with Gasteiger partial charge in [-0.3, -0.25) is 0 Å². The Hall–Kier alpha value is -2.44. The van der Waals surface area contributed by atoms with Crippen LogP contribution in [0.4, 0.5) is 11.5 Å². The van der Waals surface area contributed by atoms with Gasteiger partial charge in [0.25, 0.3) is 0 Å². The Morgan fingerprint density at radius 2 is 1.97 bits per heavy atom. The van der Waals surface area contributed by atoms with Crippen molar-refractivity contribution in [1.82, 2.24) is 14.9 Å². The van der Waals surface area contributed by atoms with Crippen molar-refractivity contribution in [3.63, 3.8) is 0 Å². The second kappa shape index (κ2) is 12.5. The van der Waals surface area contributed by atoms with Crippen molar-refractivity contribution in [3.8, 4) is 0 Å². The summed E-state index contributed by atoms with van der Waals surface area (Å²) < 4.78 is 12.5. The number of carbonyl (C=O) groups is 1. The van der Waals surface area contributed by atoms with Gasteiger partial charge in [-0.15, -0.1) is 0 Å². The van der Waals surface area contributed by atoms with E-state index in [1.165, 1.54) is 15.5 Å². The number of fused-ring (bicyclic) bond motifs is 1. The van der Waals surface area contributed by atoms with Crippen molar-refractivity contribution >= 4 is 53.8 Å². The van der Waals surface area contributed by atoms with Gasteiger partial charge >= 0.3 is 218 Å². The molecule has 1 unspecified atom stereocenters. The quantitative estimate of drug-likeness (QED) is 0.321. The zero-order valence-electron chi connectivity index (χ0n) is 20.0. The third-order valence-electron chi connectivity index (χ3n) is 5.89. The molecular formula is C26H30AsClN4O3. The van der Waals surface area contributed by atoms with Crippen LogP contribution in [0.5, 0.6) is 0 Å². The van der Waals surface area contributed by atoms with Crippen LogP contribution >= 0.6 is 11.6 Å². The Labute approximate surface area is 217 Å². The first-order valence-corrected chi connectivity index (χ1v) is 14.2. The second-order valence-corrected chi connectivity index (χ2v) is 11.3. The molecule has 0 amide bonds. The summed E-state index contributed by atoms with van der Waals surface area (Å²) in [6.45, 7) is 5.94.